The molecule has 1 amide bonds. The van der Waals surface area contributed by atoms with Gasteiger partial charge in [-0.15, -0.1) is 12.4 Å². The highest BCUT2D eigenvalue weighted by Crippen LogP contribution is 2.34. The van der Waals surface area contributed by atoms with Crippen molar-refractivity contribution in [2.24, 2.45) is 5.92 Å². The van der Waals surface area contributed by atoms with Crippen molar-refractivity contribution in [3.8, 4) is 11.5 Å². The molecule has 2 unspecified atom stereocenters. The molecule has 1 aromatic carbocycles. The molecule has 1 fully saturated rings. The minimum atomic E-state index is -0.546. The summed E-state index contributed by atoms with van der Waals surface area (Å²) in [6.45, 7) is 7.69. The van der Waals surface area contributed by atoms with Gasteiger partial charge in [0.25, 0.3) is 5.91 Å². The minimum absolute atomic E-state index is 0. The molecule has 0 aliphatic carbocycles. The lowest BCUT2D eigenvalue weighted by Gasteiger charge is -2.37. The average Bonchev–Trinajstić information content (AvgIpc) is 2.59. The molecule has 2 heterocycles. The maximum Gasteiger partial charge on any atom is 0.267 e. The van der Waals surface area contributed by atoms with Gasteiger partial charge >= 0.3 is 0 Å². The normalized spacial score (nSPS) is 23.5. The molecule has 1 N–H and O–H groups in total. The van der Waals surface area contributed by atoms with E-state index in [9.17, 15) is 4.79 Å². The lowest BCUT2D eigenvalue weighted by atomic mass is 9.96. The number of hydrogen-bond donors (Lipinski definition) is 1. The fraction of sp³-hybridized carbons (Fsp3) is 0.611. The molecule has 0 saturated carbocycles. The third-order valence-electron chi connectivity index (χ3n) is 4.69. The molecule has 6 heteroatoms. The van der Waals surface area contributed by atoms with Gasteiger partial charge in [0.1, 0.15) is 6.10 Å². The second-order valence-electron chi connectivity index (χ2n) is 6.38. The van der Waals surface area contributed by atoms with E-state index in [2.05, 4.69) is 12.2 Å². The second kappa shape index (κ2) is 8.58. The lowest BCUT2D eigenvalue weighted by molar-refractivity contribution is -0.145. The van der Waals surface area contributed by atoms with E-state index < -0.39 is 6.10 Å². The molecule has 5 nitrogen and oxygen atoms in total. The highest BCUT2D eigenvalue weighted by molar-refractivity contribution is 5.85. The van der Waals surface area contributed by atoms with Gasteiger partial charge in [0.05, 0.1) is 0 Å². The van der Waals surface area contributed by atoms with Gasteiger partial charge in [0.2, 0.25) is 6.10 Å². The molecular formula is C18H27ClN2O3. The van der Waals surface area contributed by atoms with Crippen LogP contribution in [0.25, 0.3) is 0 Å². The zero-order valence-electron chi connectivity index (χ0n) is 14.4. The van der Waals surface area contributed by atoms with E-state index >= 15 is 0 Å². The molecule has 0 bridgehead atoms. The summed E-state index contributed by atoms with van der Waals surface area (Å²) in [7, 11) is 0. The molecule has 134 valence electrons. The topological polar surface area (TPSA) is 50.8 Å². The summed E-state index contributed by atoms with van der Waals surface area (Å²) in [6, 6.07) is 7.53. The van der Waals surface area contributed by atoms with Gasteiger partial charge in [-0.1, -0.05) is 19.1 Å². The maximum absolute atomic E-state index is 12.8. The Morgan fingerprint density at radius 2 is 1.83 bits per heavy atom. The number of hydrogen-bond acceptors (Lipinski definition) is 4. The van der Waals surface area contributed by atoms with Gasteiger partial charge in [-0.25, -0.2) is 0 Å². The van der Waals surface area contributed by atoms with Crippen molar-refractivity contribution in [3.05, 3.63) is 24.3 Å². The van der Waals surface area contributed by atoms with Crippen molar-refractivity contribution < 1.29 is 14.3 Å². The number of nitrogens with zero attached hydrogens (tertiary/aromatic N) is 1. The quantitative estimate of drug-likeness (QED) is 0.902. The average molecular weight is 355 g/mol. The Balaban J connectivity index is 0.00000208. The van der Waals surface area contributed by atoms with Crippen molar-refractivity contribution in [3.63, 3.8) is 0 Å². The van der Waals surface area contributed by atoms with Gasteiger partial charge in [-0.3, -0.25) is 4.79 Å². The number of likely N-dealkylation sites (tertiary alicyclic amines) is 1. The molecule has 1 saturated heterocycles. The SMILES string of the molecule is CCNCC1CCN(C(=O)C2Oc3ccccc3OC2C)CC1.Cl. The molecule has 0 radical (unpaired) electrons. The van der Waals surface area contributed by atoms with Gasteiger partial charge in [0, 0.05) is 13.1 Å². The summed E-state index contributed by atoms with van der Waals surface area (Å²) in [5, 5.41) is 3.40. The minimum Gasteiger partial charge on any atom is -0.482 e. The summed E-state index contributed by atoms with van der Waals surface area (Å²) in [4.78, 5) is 14.7. The van der Waals surface area contributed by atoms with Crippen molar-refractivity contribution in [2.45, 2.75) is 38.9 Å². The number of piperidine rings is 1. The molecule has 3 rings (SSSR count). The van der Waals surface area contributed by atoms with Crippen molar-refractivity contribution >= 4 is 18.3 Å². The second-order valence-corrected chi connectivity index (χ2v) is 6.38. The number of rotatable bonds is 4. The van der Waals surface area contributed by atoms with Crippen molar-refractivity contribution in [1.29, 1.82) is 0 Å². The Kier molecular flexibility index (Phi) is 6.75. The van der Waals surface area contributed by atoms with E-state index in [0.29, 0.717) is 17.4 Å². The summed E-state index contributed by atoms with van der Waals surface area (Å²) in [5.74, 6) is 2.09. The van der Waals surface area contributed by atoms with Gasteiger partial charge < -0.3 is 19.7 Å². The van der Waals surface area contributed by atoms with E-state index in [1.54, 1.807) is 0 Å². The predicted octanol–water partition coefficient (Wildman–Crippen LogP) is 2.48. The van der Waals surface area contributed by atoms with E-state index in [0.717, 1.165) is 39.0 Å². The van der Waals surface area contributed by atoms with Gasteiger partial charge in [-0.05, 0) is 50.9 Å². The van der Waals surface area contributed by atoms with Crippen LogP contribution in [0.4, 0.5) is 0 Å². The van der Waals surface area contributed by atoms with Crippen LogP contribution in [0, 0.1) is 5.92 Å². The molecule has 2 aliphatic heterocycles. The molecule has 1 aromatic rings. The highest BCUT2D eigenvalue weighted by Gasteiger charge is 2.37. The van der Waals surface area contributed by atoms with Crippen LogP contribution >= 0.6 is 12.4 Å². The zero-order valence-corrected chi connectivity index (χ0v) is 15.2. The summed E-state index contributed by atoms with van der Waals surface area (Å²) >= 11 is 0. The summed E-state index contributed by atoms with van der Waals surface area (Å²) < 4.78 is 11.8. The third-order valence-corrected chi connectivity index (χ3v) is 4.69. The lowest BCUT2D eigenvalue weighted by Crippen LogP contribution is -2.52. The molecular weight excluding hydrogens is 328 g/mol. The van der Waals surface area contributed by atoms with Crippen LogP contribution in [-0.4, -0.2) is 49.2 Å². The molecule has 2 aliphatic rings. The molecule has 2 atom stereocenters. The first kappa shape index (κ1) is 18.9. The molecule has 0 aromatic heterocycles. The first-order valence-corrected chi connectivity index (χ1v) is 8.61. The van der Waals surface area contributed by atoms with Crippen LogP contribution in [0.2, 0.25) is 0 Å². The Morgan fingerprint density at radius 3 is 2.46 bits per heavy atom. The van der Waals surface area contributed by atoms with E-state index in [1.807, 2.05) is 36.1 Å². The Morgan fingerprint density at radius 1 is 1.21 bits per heavy atom. The molecule has 24 heavy (non-hydrogen) atoms. The summed E-state index contributed by atoms with van der Waals surface area (Å²) in [6.07, 6.45) is 1.29. The fourth-order valence-corrected chi connectivity index (χ4v) is 3.28. The molecule has 0 spiro atoms. The van der Waals surface area contributed by atoms with Crippen LogP contribution < -0.4 is 14.8 Å². The number of fused-ring (bicyclic) bond motifs is 1. The maximum atomic E-state index is 12.8. The van der Waals surface area contributed by atoms with E-state index in [4.69, 9.17) is 9.47 Å². The number of benzene rings is 1. The van der Waals surface area contributed by atoms with Crippen LogP contribution in [0.1, 0.15) is 26.7 Å². The summed E-state index contributed by atoms with van der Waals surface area (Å²) in [5.41, 5.74) is 0. The number of ether oxygens (including phenoxy) is 2. The first-order chi connectivity index (χ1) is 11.2. The Hall–Kier alpha value is -1.46. The standard InChI is InChI=1S/C18H26N2O3.ClH/c1-3-19-12-14-8-10-20(11-9-14)18(21)17-13(2)22-15-6-4-5-7-16(15)23-17;/h4-7,13-14,17,19H,3,8-12H2,1-2H3;1H. The van der Waals surface area contributed by atoms with E-state index in [1.165, 1.54) is 0 Å². The van der Waals surface area contributed by atoms with Crippen LogP contribution in [0.15, 0.2) is 24.3 Å². The fourth-order valence-electron chi connectivity index (χ4n) is 3.28. The smallest absolute Gasteiger partial charge is 0.267 e. The van der Waals surface area contributed by atoms with Crippen LogP contribution in [0.3, 0.4) is 0 Å². The van der Waals surface area contributed by atoms with Crippen molar-refractivity contribution in [1.82, 2.24) is 10.2 Å². The first-order valence-electron chi connectivity index (χ1n) is 8.61. The Labute approximate surface area is 150 Å². The monoisotopic (exact) mass is 354 g/mol. The third kappa shape index (κ3) is 4.14. The van der Waals surface area contributed by atoms with Crippen LogP contribution in [-0.2, 0) is 4.79 Å². The van der Waals surface area contributed by atoms with E-state index in [-0.39, 0.29) is 24.4 Å². The highest BCUT2D eigenvalue weighted by atomic mass is 35.5. The largest absolute Gasteiger partial charge is 0.482 e. The number of nitrogens with one attached hydrogen (secondary N) is 1. The number of amides is 1. The Bertz CT molecular complexity index is 547. The zero-order chi connectivity index (χ0) is 16.2. The number of para-hydroxylation sites is 2. The van der Waals surface area contributed by atoms with Crippen molar-refractivity contribution in [2.75, 3.05) is 26.2 Å². The predicted molar refractivity (Wildman–Crippen MR) is 96.0 cm³/mol. The van der Waals surface area contributed by atoms with Gasteiger partial charge in [0.15, 0.2) is 11.5 Å². The van der Waals surface area contributed by atoms with Gasteiger partial charge in [-0.2, -0.15) is 0 Å². The van der Waals surface area contributed by atoms with Crippen LogP contribution in [0.5, 0.6) is 11.5 Å². The number of carbonyl (C=O) groups excluding carboxylic acids is 1. The number of halogens is 1. The number of carbonyl (C=O) groups is 1.